The highest BCUT2D eigenvalue weighted by atomic mass is 127. The number of rotatable bonds is 9. The van der Waals surface area contributed by atoms with Crippen molar-refractivity contribution in [3.05, 3.63) is 53.8 Å². The molecule has 2 aromatic carbocycles. The quantitative estimate of drug-likeness (QED) is 0.211. The standard InChI is InChI=1S/C23H31FN4O3.HI/c1-25-23(27-19-5-3-6-20(16-19)31-12-4-11-29-2)26-17-18-7-8-22(21(24)15-18)28-9-13-30-14-10-28;/h3,5-8,15-16H,4,9-14,17H2,1-2H3,(H2,25,26,27);1H. The molecule has 0 unspecified atom stereocenters. The summed E-state index contributed by atoms with van der Waals surface area (Å²) in [5.74, 6) is 1.15. The van der Waals surface area contributed by atoms with Gasteiger partial charge < -0.3 is 29.7 Å². The van der Waals surface area contributed by atoms with Crippen LogP contribution in [-0.4, -0.2) is 59.6 Å². The minimum absolute atomic E-state index is 0. The molecule has 0 bridgehead atoms. The van der Waals surface area contributed by atoms with Gasteiger partial charge in [0.2, 0.25) is 0 Å². The van der Waals surface area contributed by atoms with Gasteiger partial charge in [-0.3, -0.25) is 4.99 Å². The van der Waals surface area contributed by atoms with Gasteiger partial charge in [0.25, 0.3) is 0 Å². The summed E-state index contributed by atoms with van der Waals surface area (Å²) in [7, 11) is 3.37. The number of hydrogen-bond donors (Lipinski definition) is 2. The van der Waals surface area contributed by atoms with E-state index in [0.29, 0.717) is 57.7 Å². The highest BCUT2D eigenvalue weighted by molar-refractivity contribution is 14.0. The average Bonchev–Trinajstić information content (AvgIpc) is 2.80. The maximum Gasteiger partial charge on any atom is 0.195 e. The van der Waals surface area contributed by atoms with E-state index in [1.165, 1.54) is 0 Å². The smallest absolute Gasteiger partial charge is 0.195 e. The van der Waals surface area contributed by atoms with Crippen LogP contribution in [0.25, 0.3) is 0 Å². The summed E-state index contributed by atoms with van der Waals surface area (Å²) in [4.78, 5) is 6.26. The van der Waals surface area contributed by atoms with Gasteiger partial charge in [0, 0.05) is 58.6 Å². The van der Waals surface area contributed by atoms with E-state index in [1.807, 2.05) is 41.3 Å². The van der Waals surface area contributed by atoms with Gasteiger partial charge in [0.1, 0.15) is 11.6 Å². The van der Waals surface area contributed by atoms with E-state index in [1.54, 1.807) is 20.2 Å². The number of anilines is 2. The van der Waals surface area contributed by atoms with Crippen molar-refractivity contribution in [2.24, 2.45) is 4.99 Å². The summed E-state index contributed by atoms with van der Waals surface area (Å²) in [5, 5.41) is 6.46. The second-order valence-electron chi connectivity index (χ2n) is 7.16. The Labute approximate surface area is 206 Å². The molecule has 32 heavy (non-hydrogen) atoms. The number of nitrogens with zero attached hydrogens (tertiary/aromatic N) is 2. The first-order valence-corrected chi connectivity index (χ1v) is 10.5. The zero-order chi connectivity index (χ0) is 21.9. The van der Waals surface area contributed by atoms with Gasteiger partial charge in [-0.2, -0.15) is 0 Å². The normalized spacial score (nSPS) is 14.0. The lowest BCUT2D eigenvalue weighted by Gasteiger charge is -2.29. The van der Waals surface area contributed by atoms with Gasteiger partial charge in [-0.05, 0) is 29.8 Å². The molecule has 1 aliphatic rings. The SMILES string of the molecule is CN=C(NCc1ccc(N2CCOCC2)c(F)c1)Nc1cccc(OCCCOC)c1.I. The molecule has 0 spiro atoms. The molecule has 2 N–H and O–H groups in total. The van der Waals surface area contributed by atoms with E-state index < -0.39 is 0 Å². The van der Waals surface area contributed by atoms with Crippen LogP contribution in [0.3, 0.4) is 0 Å². The molecule has 1 aliphatic heterocycles. The van der Waals surface area contributed by atoms with E-state index in [4.69, 9.17) is 14.2 Å². The van der Waals surface area contributed by atoms with Crippen LogP contribution in [0, 0.1) is 5.82 Å². The topological polar surface area (TPSA) is 67.4 Å². The average molecular weight is 558 g/mol. The van der Waals surface area contributed by atoms with Crippen molar-refractivity contribution >= 4 is 41.3 Å². The van der Waals surface area contributed by atoms with Gasteiger partial charge >= 0.3 is 0 Å². The van der Waals surface area contributed by atoms with Crippen molar-refractivity contribution in [2.75, 3.05) is 63.9 Å². The fraction of sp³-hybridized carbons (Fsp3) is 0.435. The van der Waals surface area contributed by atoms with E-state index in [0.717, 1.165) is 23.4 Å². The lowest BCUT2D eigenvalue weighted by atomic mass is 10.1. The molecule has 3 rings (SSSR count). The molecule has 1 fully saturated rings. The Morgan fingerprint density at radius 2 is 1.97 bits per heavy atom. The van der Waals surface area contributed by atoms with Crippen LogP contribution in [0.2, 0.25) is 0 Å². The number of benzene rings is 2. The Hall–Kier alpha value is -2.11. The lowest BCUT2D eigenvalue weighted by Crippen LogP contribution is -2.36. The molecule has 0 aliphatic carbocycles. The minimum Gasteiger partial charge on any atom is -0.493 e. The molecule has 1 heterocycles. The number of methoxy groups -OCH3 is 1. The number of nitrogens with one attached hydrogen (secondary N) is 2. The Kier molecular flexibility index (Phi) is 11.5. The van der Waals surface area contributed by atoms with Gasteiger partial charge in [0.05, 0.1) is 25.5 Å². The molecule has 9 heteroatoms. The zero-order valence-corrected chi connectivity index (χ0v) is 20.9. The fourth-order valence-corrected chi connectivity index (χ4v) is 3.28. The number of halogens is 2. The van der Waals surface area contributed by atoms with E-state index in [9.17, 15) is 4.39 Å². The van der Waals surface area contributed by atoms with Crippen LogP contribution >= 0.6 is 24.0 Å². The third-order valence-electron chi connectivity index (χ3n) is 4.91. The first-order valence-electron chi connectivity index (χ1n) is 10.5. The highest BCUT2D eigenvalue weighted by Gasteiger charge is 2.15. The molecule has 2 aromatic rings. The Morgan fingerprint density at radius 3 is 2.69 bits per heavy atom. The lowest BCUT2D eigenvalue weighted by molar-refractivity contribution is 0.122. The largest absolute Gasteiger partial charge is 0.493 e. The summed E-state index contributed by atoms with van der Waals surface area (Å²) < 4.78 is 30.7. The van der Waals surface area contributed by atoms with Gasteiger partial charge in [0.15, 0.2) is 5.96 Å². The van der Waals surface area contributed by atoms with Crippen LogP contribution in [0.4, 0.5) is 15.8 Å². The molecule has 1 saturated heterocycles. The first kappa shape index (κ1) is 26.1. The fourth-order valence-electron chi connectivity index (χ4n) is 3.28. The Balaban J connectivity index is 0.00000363. The third-order valence-corrected chi connectivity index (χ3v) is 4.91. The molecule has 0 aromatic heterocycles. The third kappa shape index (κ3) is 8.10. The molecule has 176 valence electrons. The number of morpholine rings is 1. The van der Waals surface area contributed by atoms with Crippen LogP contribution < -0.4 is 20.3 Å². The molecule has 7 nitrogen and oxygen atoms in total. The van der Waals surface area contributed by atoms with Crippen LogP contribution in [0.5, 0.6) is 5.75 Å². The second kappa shape index (κ2) is 14.1. The zero-order valence-electron chi connectivity index (χ0n) is 18.6. The molecule has 0 amide bonds. The Morgan fingerprint density at radius 1 is 1.16 bits per heavy atom. The summed E-state index contributed by atoms with van der Waals surface area (Å²) in [6, 6.07) is 13.0. The summed E-state index contributed by atoms with van der Waals surface area (Å²) in [6.45, 7) is 4.39. The van der Waals surface area contributed by atoms with Crippen molar-refractivity contribution in [3.63, 3.8) is 0 Å². The number of guanidine groups is 1. The summed E-state index contributed by atoms with van der Waals surface area (Å²) in [5.41, 5.74) is 2.32. The van der Waals surface area contributed by atoms with Crippen LogP contribution in [-0.2, 0) is 16.0 Å². The summed E-state index contributed by atoms with van der Waals surface area (Å²) >= 11 is 0. The van der Waals surface area contributed by atoms with Crippen molar-refractivity contribution in [1.82, 2.24) is 5.32 Å². The van der Waals surface area contributed by atoms with E-state index in [2.05, 4.69) is 15.6 Å². The van der Waals surface area contributed by atoms with Gasteiger partial charge in [-0.1, -0.05) is 12.1 Å². The predicted octanol–water partition coefficient (Wildman–Crippen LogP) is 3.88. The first-order chi connectivity index (χ1) is 15.2. The van der Waals surface area contributed by atoms with Crippen molar-refractivity contribution in [1.29, 1.82) is 0 Å². The molecule has 0 saturated carbocycles. The van der Waals surface area contributed by atoms with E-state index >= 15 is 0 Å². The van der Waals surface area contributed by atoms with Crippen molar-refractivity contribution in [2.45, 2.75) is 13.0 Å². The van der Waals surface area contributed by atoms with Crippen molar-refractivity contribution < 1.29 is 18.6 Å². The maximum atomic E-state index is 14.6. The van der Waals surface area contributed by atoms with Crippen LogP contribution in [0.15, 0.2) is 47.5 Å². The predicted molar refractivity (Wildman–Crippen MR) is 137 cm³/mol. The van der Waals surface area contributed by atoms with Crippen molar-refractivity contribution in [3.8, 4) is 5.75 Å². The second-order valence-corrected chi connectivity index (χ2v) is 7.16. The maximum absolute atomic E-state index is 14.6. The number of hydrogen-bond acceptors (Lipinski definition) is 5. The van der Waals surface area contributed by atoms with Gasteiger partial charge in [-0.15, -0.1) is 24.0 Å². The van der Waals surface area contributed by atoms with Gasteiger partial charge in [-0.25, -0.2) is 4.39 Å². The molecule has 0 atom stereocenters. The number of aliphatic imine (C=N–C) groups is 1. The minimum atomic E-state index is -0.220. The van der Waals surface area contributed by atoms with E-state index in [-0.39, 0.29) is 29.8 Å². The molecular weight excluding hydrogens is 526 g/mol. The molecule has 0 radical (unpaired) electrons. The monoisotopic (exact) mass is 558 g/mol. The van der Waals surface area contributed by atoms with Crippen LogP contribution in [0.1, 0.15) is 12.0 Å². The Bertz CT molecular complexity index is 863. The molecular formula is C23H32FIN4O3. The summed E-state index contributed by atoms with van der Waals surface area (Å²) in [6.07, 6.45) is 0.832. The number of ether oxygens (including phenoxy) is 3. The highest BCUT2D eigenvalue weighted by Crippen LogP contribution is 2.22.